The number of para-hydroxylation sites is 2. The maximum atomic E-state index is 8.27. The molecule has 1 N–H and O–H groups in total. The van der Waals surface area contributed by atoms with Crippen molar-refractivity contribution < 1.29 is 6.85 Å². The molecule has 0 saturated carbocycles. The number of nitrogens with one attached hydrogen (secondary N) is 1. The molecule has 6 aromatic rings. The van der Waals surface area contributed by atoms with E-state index in [0.717, 1.165) is 32.9 Å². The first kappa shape index (κ1) is 11.2. The molecular weight excluding hydrogens is 340 g/mol. The molecule has 0 aliphatic rings. The van der Waals surface area contributed by atoms with Crippen molar-refractivity contribution in [1.29, 1.82) is 0 Å². The van der Waals surface area contributed by atoms with E-state index in [1.54, 1.807) is 0 Å². The van der Waals surface area contributed by atoms with Gasteiger partial charge in [-0.25, -0.2) is 0 Å². The Balaban J connectivity index is 1.66. The summed E-state index contributed by atoms with van der Waals surface area (Å²) in [7, 11) is 0. The number of nitrogens with zero attached hydrogens (tertiary/aromatic N) is 1. The van der Waals surface area contributed by atoms with Crippen LogP contribution in [-0.2, 0) is 0 Å². The van der Waals surface area contributed by atoms with E-state index in [0.29, 0.717) is 5.69 Å². The van der Waals surface area contributed by atoms with Gasteiger partial charge in [0.15, 0.2) is 0 Å². The molecule has 1 aromatic heterocycles. The van der Waals surface area contributed by atoms with Gasteiger partial charge in [-0.3, -0.25) is 0 Å². The van der Waals surface area contributed by atoms with Gasteiger partial charge in [0, 0.05) is 27.8 Å². The van der Waals surface area contributed by atoms with E-state index in [-0.39, 0.29) is 29.9 Å². The van der Waals surface area contributed by atoms with Crippen molar-refractivity contribution in [1.82, 2.24) is 4.57 Å². The molecular formula is C26H18N2. The first-order valence-electron chi connectivity index (χ1n) is 11.6. The van der Waals surface area contributed by atoms with Crippen molar-refractivity contribution in [3.05, 3.63) is 103 Å². The third-order valence-corrected chi connectivity index (χ3v) is 5.18. The number of benzene rings is 5. The van der Waals surface area contributed by atoms with Gasteiger partial charge in [-0.15, -0.1) is 0 Å². The second-order valence-electron chi connectivity index (χ2n) is 6.83. The van der Waals surface area contributed by atoms with Gasteiger partial charge in [0.05, 0.1) is 17.9 Å². The molecule has 0 aliphatic heterocycles. The Bertz CT molecular complexity index is 1660. The largest absolute Gasteiger partial charge is 0.355 e. The predicted octanol–water partition coefficient (Wildman–Crippen LogP) is 7.12. The maximum Gasteiger partial charge on any atom is 0.0645 e. The van der Waals surface area contributed by atoms with Gasteiger partial charge in [0.25, 0.3) is 0 Å². The molecule has 5 aromatic carbocycles. The van der Waals surface area contributed by atoms with E-state index in [1.807, 2.05) is 30.3 Å². The summed E-state index contributed by atoms with van der Waals surface area (Å²) in [6, 6.07) is 22.9. The summed E-state index contributed by atoms with van der Waals surface area (Å²) in [5, 5.41) is 7.61. The minimum absolute atomic E-state index is 0.0652. The Labute approximate surface area is 170 Å². The highest BCUT2D eigenvalue weighted by Crippen LogP contribution is 2.40. The standard InChI is InChI=1S/C26H18N2/c1-3-9-20(10-4-1)27-21-16-19-15-14-18-8-7-13-23-25(18)26(19)24(17-21)28(23)22-11-5-2-6-12-22/h1-17,27H/i1D,3D,4D,9D,10D. The number of anilines is 2. The van der Waals surface area contributed by atoms with E-state index in [9.17, 15) is 0 Å². The Morgan fingerprint density at radius 3 is 2.29 bits per heavy atom. The molecule has 0 amide bonds. The van der Waals surface area contributed by atoms with Crippen molar-refractivity contribution in [3.63, 3.8) is 0 Å². The lowest BCUT2D eigenvalue weighted by Gasteiger charge is -2.11. The zero-order chi connectivity index (χ0) is 22.9. The molecule has 0 aliphatic carbocycles. The van der Waals surface area contributed by atoms with Crippen molar-refractivity contribution in [2.24, 2.45) is 0 Å². The molecule has 1 heterocycles. The van der Waals surface area contributed by atoms with Gasteiger partial charge in [-0.1, -0.05) is 60.6 Å². The van der Waals surface area contributed by atoms with Crippen molar-refractivity contribution in [2.45, 2.75) is 0 Å². The summed E-state index contributed by atoms with van der Waals surface area (Å²) in [4.78, 5) is 0. The van der Waals surface area contributed by atoms with Gasteiger partial charge in [0.1, 0.15) is 0 Å². The zero-order valence-corrected chi connectivity index (χ0v) is 14.9. The van der Waals surface area contributed by atoms with Crippen LogP contribution >= 0.6 is 0 Å². The second-order valence-corrected chi connectivity index (χ2v) is 6.83. The highest BCUT2D eigenvalue weighted by molar-refractivity contribution is 6.24. The monoisotopic (exact) mass is 363 g/mol. The molecule has 0 fully saturated rings. The molecule has 0 unspecified atom stereocenters. The van der Waals surface area contributed by atoms with Gasteiger partial charge >= 0.3 is 0 Å². The fourth-order valence-electron chi connectivity index (χ4n) is 4.08. The van der Waals surface area contributed by atoms with Crippen LogP contribution in [0.3, 0.4) is 0 Å². The molecule has 132 valence electrons. The Morgan fingerprint density at radius 1 is 0.643 bits per heavy atom. The number of aromatic nitrogens is 1. The van der Waals surface area contributed by atoms with Crippen LogP contribution < -0.4 is 5.32 Å². The van der Waals surface area contributed by atoms with Crippen LogP contribution in [0.25, 0.3) is 38.3 Å². The lowest BCUT2D eigenvalue weighted by molar-refractivity contribution is 1.18. The van der Waals surface area contributed by atoms with Crippen LogP contribution in [0.4, 0.5) is 11.4 Å². The molecule has 2 nitrogen and oxygen atoms in total. The van der Waals surface area contributed by atoms with E-state index in [1.165, 1.54) is 5.39 Å². The summed E-state index contributed by atoms with van der Waals surface area (Å²) < 4.78 is 42.5. The zero-order valence-electron chi connectivity index (χ0n) is 19.9. The fraction of sp³-hybridized carbons (Fsp3) is 0. The predicted molar refractivity (Wildman–Crippen MR) is 119 cm³/mol. The van der Waals surface area contributed by atoms with E-state index >= 15 is 0 Å². The minimum Gasteiger partial charge on any atom is -0.355 e. The molecule has 28 heavy (non-hydrogen) atoms. The van der Waals surface area contributed by atoms with Crippen molar-refractivity contribution in [2.75, 3.05) is 5.32 Å². The SMILES string of the molecule is [2H]c1c([2H])c([2H])c(Nc2cc3ccc4cccc5c4c3c(c2)n5-c2ccccc2)c([2H])c1[2H]. The van der Waals surface area contributed by atoms with Gasteiger partial charge in [-0.05, 0) is 53.2 Å². The normalized spacial score (nSPS) is 14.1. The third kappa shape index (κ3) is 2.21. The lowest BCUT2D eigenvalue weighted by Crippen LogP contribution is -1.94. The highest BCUT2D eigenvalue weighted by Gasteiger charge is 2.17. The van der Waals surface area contributed by atoms with Gasteiger partial charge in [-0.2, -0.15) is 0 Å². The van der Waals surface area contributed by atoms with Crippen LogP contribution in [0.15, 0.2) is 103 Å². The first-order chi connectivity index (χ1) is 16.0. The third-order valence-electron chi connectivity index (χ3n) is 5.18. The Hall–Kier alpha value is -3.78. The molecule has 0 spiro atoms. The molecule has 0 saturated heterocycles. The summed E-state index contributed by atoms with van der Waals surface area (Å²) in [6.07, 6.45) is 0. The second kappa shape index (κ2) is 5.86. The van der Waals surface area contributed by atoms with Crippen molar-refractivity contribution in [3.8, 4) is 5.69 Å². The van der Waals surface area contributed by atoms with Crippen LogP contribution in [0.5, 0.6) is 0 Å². The highest BCUT2D eigenvalue weighted by atomic mass is 15.0. The van der Waals surface area contributed by atoms with E-state index in [4.69, 9.17) is 6.85 Å². The molecule has 2 heteroatoms. The maximum absolute atomic E-state index is 8.27. The van der Waals surface area contributed by atoms with Crippen LogP contribution in [0.2, 0.25) is 0 Å². The molecule has 6 rings (SSSR count). The average molecular weight is 363 g/mol. The molecule has 0 radical (unpaired) electrons. The van der Waals surface area contributed by atoms with Gasteiger partial charge in [0.2, 0.25) is 0 Å². The van der Waals surface area contributed by atoms with E-state index < -0.39 is 6.04 Å². The summed E-state index contributed by atoms with van der Waals surface area (Å²) >= 11 is 0. The smallest absolute Gasteiger partial charge is 0.0645 e. The van der Waals surface area contributed by atoms with E-state index in [2.05, 4.69) is 52.3 Å². The topological polar surface area (TPSA) is 17.0 Å². The van der Waals surface area contributed by atoms with Gasteiger partial charge < -0.3 is 9.88 Å². The lowest BCUT2D eigenvalue weighted by atomic mass is 10.0. The van der Waals surface area contributed by atoms with Crippen LogP contribution in [0.1, 0.15) is 6.85 Å². The minimum atomic E-state index is -0.402. The summed E-state index contributed by atoms with van der Waals surface area (Å²) in [6.45, 7) is 0. The number of hydrogen-bond donors (Lipinski definition) is 1. The Kier molecular flexibility index (Phi) is 2.34. The molecule has 0 bridgehead atoms. The summed E-state index contributed by atoms with van der Waals surface area (Å²) in [5.41, 5.74) is 3.83. The van der Waals surface area contributed by atoms with Crippen molar-refractivity contribution >= 4 is 44.0 Å². The molecule has 0 atom stereocenters. The van der Waals surface area contributed by atoms with Crippen LogP contribution in [-0.4, -0.2) is 4.57 Å². The fourth-order valence-corrected chi connectivity index (χ4v) is 4.08. The Morgan fingerprint density at radius 2 is 1.43 bits per heavy atom. The number of rotatable bonds is 3. The average Bonchev–Trinajstić information content (AvgIpc) is 3.18. The van der Waals surface area contributed by atoms with Crippen LogP contribution in [0, 0.1) is 0 Å². The first-order valence-corrected chi connectivity index (χ1v) is 9.14. The quantitative estimate of drug-likeness (QED) is 0.331. The summed E-state index contributed by atoms with van der Waals surface area (Å²) in [5.74, 6) is 0. The number of hydrogen-bond acceptors (Lipinski definition) is 1.